The van der Waals surface area contributed by atoms with Crippen LogP contribution in [0.3, 0.4) is 0 Å². The van der Waals surface area contributed by atoms with Crippen LogP contribution < -0.4 is 15.5 Å². The third-order valence-electron chi connectivity index (χ3n) is 2.79. The number of carbonyl (C=O) groups is 1. The lowest BCUT2D eigenvalue weighted by Crippen LogP contribution is -2.37. The van der Waals surface area contributed by atoms with E-state index in [1.54, 1.807) is 0 Å². The minimum Gasteiger partial charge on any atom is -0.378 e. The molecule has 1 saturated heterocycles. The summed E-state index contributed by atoms with van der Waals surface area (Å²) < 4.78 is 5.35. The lowest BCUT2D eigenvalue weighted by Gasteiger charge is -2.30. The van der Waals surface area contributed by atoms with Gasteiger partial charge in [-0.1, -0.05) is 12.1 Å². The first-order chi connectivity index (χ1) is 9.16. The molecule has 1 fully saturated rings. The Labute approximate surface area is 117 Å². The van der Waals surface area contributed by atoms with E-state index in [-0.39, 0.29) is 5.91 Å². The molecule has 0 aromatic heterocycles. The first-order valence-electron chi connectivity index (χ1n) is 6.17. The quantitative estimate of drug-likeness (QED) is 0.801. The highest BCUT2D eigenvalue weighted by molar-refractivity contribution is 7.80. The summed E-state index contributed by atoms with van der Waals surface area (Å²) in [7, 11) is 0. The maximum Gasteiger partial charge on any atom is 0.222 e. The number of hydrogen-bond acceptors (Lipinski definition) is 4. The van der Waals surface area contributed by atoms with Crippen LogP contribution in [0.4, 0.5) is 11.4 Å². The topological polar surface area (TPSA) is 53.6 Å². The van der Waals surface area contributed by atoms with Gasteiger partial charge < -0.3 is 20.3 Å². The molecule has 0 spiro atoms. The lowest BCUT2D eigenvalue weighted by atomic mass is 10.2. The maximum absolute atomic E-state index is 11.0. The number of nitrogens with zero attached hydrogens (tertiary/aromatic N) is 1. The van der Waals surface area contributed by atoms with Gasteiger partial charge in [-0.05, 0) is 24.4 Å². The Hall–Kier alpha value is -1.66. The second-order valence-corrected chi connectivity index (χ2v) is 4.66. The van der Waals surface area contributed by atoms with Crippen LogP contribution in [-0.2, 0) is 9.53 Å². The highest BCUT2D eigenvalue weighted by Crippen LogP contribution is 2.26. The molecule has 0 saturated carbocycles. The molecule has 102 valence electrons. The lowest BCUT2D eigenvalue weighted by molar-refractivity contribution is -0.117. The molecule has 1 heterocycles. The molecule has 0 radical (unpaired) electrons. The summed E-state index contributed by atoms with van der Waals surface area (Å²) in [5.41, 5.74) is 1.96. The summed E-state index contributed by atoms with van der Waals surface area (Å²) in [6.07, 6.45) is 0. The number of thiocarbonyl (C=S) groups is 1. The Morgan fingerprint density at radius 2 is 2.00 bits per heavy atom. The van der Waals surface area contributed by atoms with Gasteiger partial charge >= 0.3 is 0 Å². The smallest absolute Gasteiger partial charge is 0.222 e. The van der Waals surface area contributed by atoms with Gasteiger partial charge in [0, 0.05) is 20.0 Å². The average molecular weight is 279 g/mol. The zero-order valence-electron chi connectivity index (χ0n) is 10.8. The minimum absolute atomic E-state index is 0.179. The van der Waals surface area contributed by atoms with E-state index >= 15 is 0 Å². The van der Waals surface area contributed by atoms with Gasteiger partial charge in [0.15, 0.2) is 5.11 Å². The fourth-order valence-electron chi connectivity index (χ4n) is 1.97. The number of benzene rings is 1. The molecule has 1 aliphatic rings. The molecule has 0 atom stereocenters. The number of anilines is 2. The predicted octanol–water partition coefficient (Wildman–Crippen LogP) is 1.36. The third-order valence-corrected chi connectivity index (χ3v) is 3.00. The van der Waals surface area contributed by atoms with Gasteiger partial charge in [-0.15, -0.1) is 0 Å². The number of rotatable bonds is 2. The SMILES string of the molecule is CC(=O)NC(=S)Nc1ccccc1N1CCOCC1. The van der Waals surface area contributed by atoms with E-state index < -0.39 is 0 Å². The third kappa shape index (κ3) is 3.90. The minimum atomic E-state index is -0.179. The van der Waals surface area contributed by atoms with Crippen LogP contribution in [0.1, 0.15) is 6.92 Å². The molecule has 6 heteroatoms. The Balaban J connectivity index is 2.11. The molecule has 5 nitrogen and oxygen atoms in total. The van der Waals surface area contributed by atoms with Crippen LogP contribution in [0.25, 0.3) is 0 Å². The van der Waals surface area contributed by atoms with Crippen molar-refractivity contribution < 1.29 is 9.53 Å². The Morgan fingerprint density at radius 1 is 1.32 bits per heavy atom. The Morgan fingerprint density at radius 3 is 2.68 bits per heavy atom. The Kier molecular flexibility index (Phi) is 4.70. The largest absolute Gasteiger partial charge is 0.378 e. The standard InChI is InChI=1S/C13H17N3O2S/c1-10(17)14-13(19)15-11-4-2-3-5-12(11)16-6-8-18-9-7-16/h2-5H,6-9H2,1H3,(H2,14,15,17,19). The molecule has 2 rings (SSSR count). The second-order valence-electron chi connectivity index (χ2n) is 4.25. The highest BCUT2D eigenvalue weighted by atomic mass is 32.1. The number of ether oxygens (including phenoxy) is 1. The first-order valence-corrected chi connectivity index (χ1v) is 6.58. The van der Waals surface area contributed by atoms with Gasteiger partial charge in [0.2, 0.25) is 5.91 Å². The number of morpholine rings is 1. The van der Waals surface area contributed by atoms with E-state index in [0.29, 0.717) is 5.11 Å². The fourth-order valence-corrected chi connectivity index (χ4v) is 2.23. The van der Waals surface area contributed by atoms with Gasteiger partial charge in [-0.25, -0.2) is 0 Å². The number of nitrogens with one attached hydrogen (secondary N) is 2. The monoisotopic (exact) mass is 279 g/mol. The van der Waals surface area contributed by atoms with Gasteiger partial charge in [0.05, 0.1) is 24.6 Å². The molecule has 1 aromatic rings. The van der Waals surface area contributed by atoms with Crippen molar-refractivity contribution in [3.05, 3.63) is 24.3 Å². The maximum atomic E-state index is 11.0. The summed E-state index contributed by atoms with van der Waals surface area (Å²) in [6, 6.07) is 7.89. The second kappa shape index (κ2) is 6.49. The van der Waals surface area contributed by atoms with E-state index in [1.165, 1.54) is 6.92 Å². The molecule has 19 heavy (non-hydrogen) atoms. The molecule has 0 bridgehead atoms. The van der Waals surface area contributed by atoms with Gasteiger partial charge in [-0.3, -0.25) is 4.79 Å². The van der Waals surface area contributed by atoms with Crippen molar-refractivity contribution in [2.45, 2.75) is 6.92 Å². The van der Waals surface area contributed by atoms with Crippen LogP contribution in [0.2, 0.25) is 0 Å². The summed E-state index contributed by atoms with van der Waals surface area (Å²) in [5.74, 6) is -0.179. The van der Waals surface area contributed by atoms with E-state index in [9.17, 15) is 4.79 Å². The summed E-state index contributed by atoms with van der Waals surface area (Å²) in [4.78, 5) is 13.2. The molecular formula is C13H17N3O2S. The number of amides is 1. The summed E-state index contributed by atoms with van der Waals surface area (Å²) in [5, 5.41) is 5.93. The predicted molar refractivity (Wildman–Crippen MR) is 79.5 cm³/mol. The van der Waals surface area contributed by atoms with Gasteiger partial charge in [-0.2, -0.15) is 0 Å². The molecule has 1 aliphatic heterocycles. The fraction of sp³-hybridized carbons (Fsp3) is 0.385. The van der Waals surface area contributed by atoms with Crippen molar-refractivity contribution >= 4 is 34.6 Å². The highest BCUT2D eigenvalue weighted by Gasteiger charge is 2.14. The summed E-state index contributed by atoms with van der Waals surface area (Å²) >= 11 is 5.09. The average Bonchev–Trinajstić information content (AvgIpc) is 2.39. The van der Waals surface area contributed by atoms with Crippen LogP contribution >= 0.6 is 12.2 Å². The van der Waals surface area contributed by atoms with Crippen molar-refractivity contribution in [2.75, 3.05) is 36.5 Å². The number of para-hydroxylation sites is 2. The van der Waals surface area contributed by atoms with E-state index in [1.807, 2.05) is 24.3 Å². The zero-order chi connectivity index (χ0) is 13.7. The van der Waals surface area contributed by atoms with E-state index in [4.69, 9.17) is 17.0 Å². The molecule has 0 unspecified atom stereocenters. The van der Waals surface area contributed by atoms with Crippen LogP contribution in [0.5, 0.6) is 0 Å². The first kappa shape index (κ1) is 13.8. The number of carbonyl (C=O) groups excluding carboxylic acids is 1. The molecule has 0 aliphatic carbocycles. The Bertz CT molecular complexity index is 473. The van der Waals surface area contributed by atoms with Crippen molar-refractivity contribution in [1.29, 1.82) is 0 Å². The van der Waals surface area contributed by atoms with E-state index in [2.05, 4.69) is 15.5 Å². The molecule has 1 aromatic carbocycles. The van der Waals surface area contributed by atoms with Crippen LogP contribution in [0.15, 0.2) is 24.3 Å². The summed E-state index contributed by atoms with van der Waals surface area (Å²) in [6.45, 7) is 4.59. The molecule has 2 N–H and O–H groups in total. The zero-order valence-corrected chi connectivity index (χ0v) is 11.6. The molecule has 1 amide bonds. The van der Waals surface area contributed by atoms with Crippen LogP contribution in [0, 0.1) is 0 Å². The van der Waals surface area contributed by atoms with Gasteiger partial charge in [0.25, 0.3) is 0 Å². The molecular weight excluding hydrogens is 262 g/mol. The normalized spacial score (nSPS) is 14.9. The van der Waals surface area contributed by atoms with Crippen molar-refractivity contribution in [2.24, 2.45) is 0 Å². The van der Waals surface area contributed by atoms with Crippen molar-refractivity contribution in [3.8, 4) is 0 Å². The van der Waals surface area contributed by atoms with Crippen molar-refractivity contribution in [3.63, 3.8) is 0 Å². The van der Waals surface area contributed by atoms with Gasteiger partial charge in [0.1, 0.15) is 0 Å². The van der Waals surface area contributed by atoms with Crippen molar-refractivity contribution in [1.82, 2.24) is 5.32 Å². The number of hydrogen-bond donors (Lipinski definition) is 2. The van der Waals surface area contributed by atoms with Crippen LogP contribution in [-0.4, -0.2) is 37.3 Å². The van der Waals surface area contributed by atoms with E-state index in [0.717, 1.165) is 37.7 Å².